The van der Waals surface area contributed by atoms with Crippen LogP contribution in [0.25, 0.3) is 21.7 Å². The third-order valence-corrected chi connectivity index (χ3v) is 4.77. The number of nitrogens with one attached hydrogen (secondary N) is 2. The van der Waals surface area contributed by atoms with Gasteiger partial charge in [0.25, 0.3) is 0 Å². The molecule has 0 radical (unpaired) electrons. The van der Waals surface area contributed by atoms with Crippen LogP contribution in [0.1, 0.15) is 31.4 Å². The Morgan fingerprint density at radius 3 is 2.96 bits per heavy atom. The number of benzene rings is 2. The number of fused-ring (bicyclic) bond motifs is 3. The molecule has 0 aliphatic carbocycles. The molecule has 2 N–H and O–H groups in total. The molecule has 1 aromatic heterocycles. The topological polar surface area (TPSA) is 111 Å². The highest BCUT2D eigenvalue weighted by molar-refractivity contribution is 6.10. The summed E-state index contributed by atoms with van der Waals surface area (Å²) < 4.78 is 11.1. The molecule has 1 fully saturated rings. The van der Waals surface area contributed by atoms with Gasteiger partial charge < -0.3 is 14.6 Å². The second-order valence-corrected chi connectivity index (χ2v) is 6.72. The summed E-state index contributed by atoms with van der Waals surface area (Å²) in [4.78, 5) is 34.6. The highest BCUT2D eigenvalue weighted by atomic mass is 16.5. The number of ether oxygens (including phenoxy) is 1. The molecule has 3 aromatic rings. The van der Waals surface area contributed by atoms with E-state index < -0.39 is 5.92 Å². The van der Waals surface area contributed by atoms with E-state index in [1.165, 1.54) is 6.92 Å². The Morgan fingerprint density at radius 2 is 2.18 bits per heavy atom. The van der Waals surface area contributed by atoms with Gasteiger partial charge in [-0.1, -0.05) is 11.2 Å². The van der Waals surface area contributed by atoms with Crippen molar-refractivity contribution in [2.24, 2.45) is 0 Å². The van der Waals surface area contributed by atoms with Gasteiger partial charge in [-0.3, -0.25) is 19.7 Å². The number of piperidine rings is 1. The summed E-state index contributed by atoms with van der Waals surface area (Å²) in [6, 6.07) is 9.33. The van der Waals surface area contributed by atoms with Crippen LogP contribution < -0.4 is 15.4 Å². The Morgan fingerprint density at radius 1 is 1.32 bits per heavy atom. The van der Waals surface area contributed by atoms with Gasteiger partial charge in [0.2, 0.25) is 17.7 Å². The van der Waals surface area contributed by atoms with Gasteiger partial charge in [0.1, 0.15) is 18.1 Å². The molecule has 2 heterocycles. The van der Waals surface area contributed by atoms with E-state index in [1.807, 2.05) is 24.3 Å². The molecule has 0 saturated carbocycles. The largest absolute Gasteiger partial charge is 0.492 e. The molecule has 1 aliphatic rings. The van der Waals surface area contributed by atoms with E-state index in [0.29, 0.717) is 36.6 Å². The Balaban J connectivity index is 1.65. The normalized spacial score (nSPS) is 17.0. The van der Waals surface area contributed by atoms with Gasteiger partial charge in [-0.05, 0) is 41.5 Å². The van der Waals surface area contributed by atoms with E-state index in [9.17, 15) is 14.4 Å². The molecule has 8 nitrogen and oxygen atoms in total. The number of carbonyl (C=O) groups excluding carboxylic acids is 3. The standard InChI is InChI=1S/C20H19N3O5/c1-11(24)21-8-9-27-13-3-4-14-12(10-13)2-6-16-18(14)19(23-28-16)15-5-7-17(25)22-20(15)26/h2-4,6,10,15H,5,7-9H2,1H3,(H,21,24)(H,22,25,26)/t15-/m0/s1. The lowest BCUT2D eigenvalue weighted by molar-refractivity contribution is -0.134. The lowest BCUT2D eigenvalue weighted by atomic mass is 9.91. The van der Waals surface area contributed by atoms with E-state index >= 15 is 0 Å². The summed E-state index contributed by atoms with van der Waals surface area (Å²) in [5.74, 6) is -0.548. The summed E-state index contributed by atoms with van der Waals surface area (Å²) in [6.45, 7) is 2.25. The number of imide groups is 1. The van der Waals surface area contributed by atoms with Crippen LogP contribution in [0.5, 0.6) is 5.75 Å². The van der Waals surface area contributed by atoms with E-state index in [-0.39, 0.29) is 24.1 Å². The quantitative estimate of drug-likeness (QED) is 0.517. The van der Waals surface area contributed by atoms with Crippen molar-refractivity contribution in [3.63, 3.8) is 0 Å². The SMILES string of the molecule is CC(=O)NCCOc1ccc2c(ccc3onc([C@@H]4CCC(=O)NC4=O)c32)c1. The average Bonchev–Trinajstić information content (AvgIpc) is 3.09. The molecular weight excluding hydrogens is 362 g/mol. The second-order valence-electron chi connectivity index (χ2n) is 6.72. The number of amides is 3. The van der Waals surface area contributed by atoms with Crippen LogP contribution in [0.2, 0.25) is 0 Å². The minimum atomic E-state index is -0.516. The summed E-state index contributed by atoms with van der Waals surface area (Å²) in [7, 11) is 0. The van der Waals surface area contributed by atoms with Crippen LogP contribution in [0.15, 0.2) is 34.9 Å². The molecule has 1 aliphatic heterocycles. The molecular formula is C20H19N3O5. The first-order chi connectivity index (χ1) is 13.5. The Hall–Kier alpha value is -3.42. The molecule has 2 aromatic carbocycles. The fraction of sp³-hybridized carbons (Fsp3) is 0.300. The van der Waals surface area contributed by atoms with Crippen molar-refractivity contribution in [2.45, 2.75) is 25.7 Å². The molecule has 0 bridgehead atoms. The monoisotopic (exact) mass is 381 g/mol. The predicted octanol–water partition coefficient (Wildman–Crippen LogP) is 2.02. The smallest absolute Gasteiger partial charge is 0.235 e. The highest BCUT2D eigenvalue weighted by Crippen LogP contribution is 2.36. The van der Waals surface area contributed by atoms with E-state index in [1.54, 1.807) is 6.07 Å². The summed E-state index contributed by atoms with van der Waals surface area (Å²) in [5.41, 5.74) is 1.14. The van der Waals surface area contributed by atoms with E-state index in [2.05, 4.69) is 15.8 Å². The first kappa shape index (κ1) is 18.0. The minimum absolute atomic E-state index is 0.0991. The summed E-state index contributed by atoms with van der Waals surface area (Å²) >= 11 is 0. The van der Waals surface area contributed by atoms with Gasteiger partial charge in [0.05, 0.1) is 17.8 Å². The Bertz CT molecular complexity index is 1090. The van der Waals surface area contributed by atoms with E-state index in [4.69, 9.17) is 9.26 Å². The van der Waals surface area contributed by atoms with Crippen LogP contribution in [0.4, 0.5) is 0 Å². The zero-order chi connectivity index (χ0) is 19.7. The molecule has 1 atom stereocenters. The van der Waals surface area contributed by atoms with Crippen molar-refractivity contribution in [1.29, 1.82) is 0 Å². The Kier molecular flexibility index (Phi) is 4.68. The Labute approximate surface area is 160 Å². The van der Waals surface area contributed by atoms with Crippen LogP contribution >= 0.6 is 0 Å². The van der Waals surface area contributed by atoms with Crippen molar-refractivity contribution in [1.82, 2.24) is 15.8 Å². The molecule has 8 heteroatoms. The maximum absolute atomic E-state index is 12.3. The minimum Gasteiger partial charge on any atom is -0.492 e. The molecule has 0 unspecified atom stereocenters. The molecule has 144 valence electrons. The maximum Gasteiger partial charge on any atom is 0.235 e. The van der Waals surface area contributed by atoms with Gasteiger partial charge >= 0.3 is 0 Å². The predicted molar refractivity (Wildman–Crippen MR) is 101 cm³/mol. The lowest BCUT2D eigenvalue weighted by Crippen LogP contribution is -2.39. The van der Waals surface area contributed by atoms with Crippen LogP contribution in [-0.2, 0) is 14.4 Å². The number of hydrogen-bond donors (Lipinski definition) is 2. The van der Waals surface area contributed by atoms with Gasteiger partial charge in [0, 0.05) is 13.3 Å². The third kappa shape index (κ3) is 3.40. The highest BCUT2D eigenvalue weighted by Gasteiger charge is 2.32. The number of rotatable bonds is 5. The number of nitrogens with zero attached hydrogens (tertiary/aromatic N) is 1. The molecule has 28 heavy (non-hydrogen) atoms. The van der Waals surface area contributed by atoms with Crippen molar-refractivity contribution in [2.75, 3.05) is 13.2 Å². The van der Waals surface area contributed by atoms with Gasteiger partial charge in [-0.25, -0.2) is 0 Å². The van der Waals surface area contributed by atoms with Gasteiger partial charge in [-0.2, -0.15) is 0 Å². The van der Waals surface area contributed by atoms with E-state index in [0.717, 1.165) is 16.2 Å². The van der Waals surface area contributed by atoms with Gasteiger partial charge in [-0.15, -0.1) is 0 Å². The van der Waals surface area contributed by atoms with Crippen molar-refractivity contribution >= 4 is 39.5 Å². The van der Waals surface area contributed by atoms with Crippen molar-refractivity contribution < 1.29 is 23.6 Å². The molecule has 1 saturated heterocycles. The number of hydrogen-bond acceptors (Lipinski definition) is 6. The fourth-order valence-electron chi connectivity index (χ4n) is 3.45. The first-order valence-electron chi connectivity index (χ1n) is 9.06. The van der Waals surface area contributed by atoms with Crippen molar-refractivity contribution in [3.8, 4) is 5.75 Å². The van der Waals surface area contributed by atoms with Gasteiger partial charge in [0.15, 0.2) is 5.58 Å². The zero-order valence-corrected chi connectivity index (χ0v) is 15.3. The fourth-order valence-corrected chi connectivity index (χ4v) is 3.45. The molecule has 3 amide bonds. The zero-order valence-electron chi connectivity index (χ0n) is 15.3. The molecule has 0 spiro atoms. The second kappa shape index (κ2) is 7.30. The lowest BCUT2D eigenvalue weighted by Gasteiger charge is -2.19. The number of carbonyl (C=O) groups is 3. The summed E-state index contributed by atoms with van der Waals surface area (Å²) in [5, 5.41) is 11.8. The number of aromatic nitrogens is 1. The van der Waals surface area contributed by atoms with Crippen LogP contribution in [-0.4, -0.2) is 36.0 Å². The average molecular weight is 381 g/mol. The van der Waals surface area contributed by atoms with Crippen molar-refractivity contribution in [3.05, 3.63) is 36.0 Å². The van der Waals surface area contributed by atoms with Crippen LogP contribution in [0.3, 0.4) is 0 Å². The maximum atomic E-state index is 12.3. The third-order valence-electron chi connectivity index (χ3n) is 4.77. The first-order valence-corrected chi connectivity index (χ1v) is 9.06. The summed E-state index contributed by atoms with van der Waals surface area (Å²) in [6.07, 6.45) is 0.689. The molecule has 4 rings (SSSR count). The van der Waals surface area contributed by atoms with Crippen LogP contribution in [0, 0.1) is 0 Å².